The standard InChI is InChI=1S/C18H19N5O2/c1-10-9-13(15-11(2)22-23(4)16(15)20-10)18(25)21-14-8-6-5-7-12(14)17(24)19-3/h5-9H,1-4H3,(H,19,24)(H,21,25). The predicted molar refractivity (Wildman–Crippen MR) is 95.8 cm³/mol. The van der Waals surface area contributed by atoms with Crippen molar-refractivity contribution in [3.8, 4) is 0 Å². The molecule has 0 saturated heterocycles. The van der Waals surface area contributed by atoms with Gasteiger partial charge in [0.1, 0.15) is 0 Å². The van der Waals surface area contributed by atoms with Gasteiger partial charge in [0.05, 0.1) is 27.9 Å². The molecule has 0 aliphatic heterocycles. The molecule has 7 heteroatoms. The predicted octanol–water partition coefficient (Wildman–Crippen LogP) is 2.20. The van der Waals surface area contributed by atoms with Gasteiger partial charge in [0, 0.05) is 19.8 Å². The number of aryl methyl sites for hydroxylation is 3. The third-order valence-corrected chi connectivity index (χ3v) is 3.99. The van der Waals surface area contributed by atoms with Crippen LogP contribution in [0.3, 0.4) is 0 Å². The fourth-order valence-electron chi connectivity index (χ4n) is 2.86. The first kappa shape index (κ1) is 16.6. The zero-order chi connectivity index (χ0) is 18.1. The lowest BCUT2D eigenvalue weighted by atomic mass is 10.1. The van der Waals surface area contributed by atoms with Gasteiger partial charge in [-0.3, -0.25) is 14.3 Å². The van der Waals surface area contributed by atoms with Crippen LogP contribution in [0.25, 0.3) is 11.0 Å². The third-order valence-electron chi connectivity index (χ3n) is 3.99. The van der Waals surface area contributed by atoms with Gasteiger partial charge in [0.15, 0.2) is 5.65 Å². The smallest absolute Gasteiger partial charge is 0.256 e. The topological polar surface area (TPSA) is 88.9 Å². The molecule has 0 radical (unpaired) electrons. The maximum absolute atomic E-state index is 12.9. The van der Waals surface area contributed by atoms with E-state index in [1.54, 1.807) is 49.1 Å². The first-order chi connectivity index (χ1) is 11.9. The van der Waals surface area contributed by atoms with Crippen LogP contribution in [0.2, 0.25) is 0 Å². The Morgan fingerprint density at radius 1 is 1.08 bits per heavy atom. The molecular formula is C18H19N5O2. The summed E-state index contributed by atoms with van der Waals surface area (Å²) in [5.74, 6) is -0.563. The zero-order valence-corrected chi connectivity index (χ0v) is 14.5. The van der Waals surface area contributed by atoms with E-state index in [9.17, 15) is 9.59 Å². The summed E-state index contributed by atoms with van der Waals surface area (Å²) in [4.78, 5) is 29.3. The highest BCUT2D eigenvalue weighted by molar-refractivity contribution is 6.14. The summed E-state index contributed by atoms with van der Waals surface area (Å²) in [6.45, 7) is 3.67. The van der Waals surface area contributed by atoms with E-state index in [-0.39, 0.29) is 11.8 Å². The number of amides is 2. The maximum Gasteiger partial charge on any atom is 0.256 e. The molecule has 0 bridgehead atoms. The summed E-state index contributed by atoms with van der Waals surface area (Å²) < 4.78 is 1.66. The Morgan fingerprint density at radius 3 is 2.52 bits per heavy atom. The highest BCUT2D eigenvalue weighted by atomic mass is 16.2. The third kappa shape index (κ3) is 2.96. The van der Waals surface area contributed by atoms with Crippen molar-refractivity contribution in [1.29, 1.82) is 0 Å². The Bertz CT molecular complexity index is 991. The molecule has 0 saturated carbocycles. The van der Waals surface area contributed by atoms with Crippen LogP contribution in [0.4, 0.5) is 5.69 Å². The van der Waals surface area contributed by atoms with E-state index in [2.05, 4.69) is 20.7 Å². The number of nitrogens with zero attached hydrogens (tertiary/aromatic N) is 3. The van der Waals surface area contributed by atoms with Crippen LogP contribution in [0.1, 0.15) is 32.1 Å². The molecular weight excluding hydrogens is 318 g/mol. The Kier molecular flexibility index (Phi) is 4.22. The SMILES string of the molecule is CNC(=O)c1ccccc1NC(=O)c1cc(C)nc2c1c(C)nn2C. The largest absolute Gasteiger partial charge is 0.355 e. The van der Waals surface area contributed by atoms with E-state index in [0.29, 0.717) is 27.8 Å². The van der Waals surface area contributed by atoms with Crippen molar-refractivity contribution in [3.63, 3.8) is 0 Å². The second kappa shape index (κ2) is 6.35. The number of benzene rings is 1. The molecule has 7 nitrogen and oxygen atoms in total. The number of anilines is 1. The Balaban J connectivity index is 2.06. The van der Waals surface area contributed by atoms with Crippen LogP contribution < -0.4 is 10.6 Å². The number of fused-ring (bicyclic) bond motifs is 1. The van der Waals surface area contributed by atoms with Crippen molar-refractivity contribution in [2.24, 2.45) is 7.05 Å². The molecule has 0 aliphatic rings. The zero-order valence-electron chi connectivity index (χ0n) is 14.5. The average Bonchev–Trinajstić information content (AvgIpc) is 2.88. The van der Waals surface area contributed by atoms with Crippen molar-refractivity contribution in [3.05, 3.63) is 52.8 Å². The molecule has 0 unspecified atom stereocenters. The van der Waals surface area contributed by atoms with Crippen molar-refractivity contribution >= 4 is 28.5 Å². The molecule has 25 heavy (non-hydrogen) atoms. The lowest BCUT2D eigenvalue weighted by Gasteiger charge is -2.11. The minimum atomic E-state index is -0.303. The van der Waals surface area contributed by atoms with Gasteiger partial charge in [-0.2, -0.15) is 5.10 Å². The van der Waals surface area contributed by atoms with Crippen LogP contribution in [0, 0.1) is 13.8 Å². The van der Waals surface area contributed by atoms with Gasteiger partial charge < -0.3 is 10.6 Å². The first-order valence-electron chi connectivity index (χ1n) is 7.85. The fourth-order valence-corrected chi connectivity index (χ4v) is 2.86. The summed E-state index contributed by atoms with van der Waals surface area (Å²) in [7, 11) is 3.35. The van der Waals surface area contributed by atoms with Crippen molar-refractivity contribution in [1.82, 2.24) is 20.1 Å². The monoisotopic (exact) mass is 337 g/mol. The van der Waals surface area contributed by atoms with Gasteiger partial charge in [0.2, 0.25) is 0 Å². The van der Waals surface area contributed by atoms with Crippen LogP contribution in [0.15, 0.2) is 30.3 Å². The van der Waals surface area contributed by atoms with Crippen LogP contribution in [-0.2, 0) is 7.05 Å². The number of carbonyl (C=O) groups is 2. The molecule has 3 aromatic rings. The molecule has 3 rings (SSSR count). The van der Waals surface area contributed by atoms with E-state index in [4.69, 9.17) is 0 Å². The number of hydrogen-bond acceptors (Lipinski definition) is 4. The van der Waals surface area contributed by atoms with Crippen molar-refractivity contribution < 1.29 is 9.59 Å². The van der Waals surface area contributed by atoms with E-state index >= 15 is 0 Å². The minimum Gasteiger partial charge on any atom is -0.355 e. The molecule has 2 aromatic heterocycles. The van der Waals surface area contributed by atoms with Gasteiger partial charge in [-0.15, -0.1) is 0 Å². The van der Waals surface area contributed by atoms with Crippen molar-refractivity contribution in [2.75, 3.05) is 12.4 Å². The van der Waals surface area contributed by atoms with Crippen LogP contribution in [0.5, 0.6) is 0 Å². The highest BCUT2D eigenvalue weighted by Crippen LogP contribution is 2.23. The Morgan fingerprint density at radius 2 is 1.80 bits per heavy atom. The van der Waals surface area contributed by atoms with Gasteiger partial charge in [-0.05, 0) is 32.0 Å². The quantitative estimate of drug-likeness (QED) is 0.767. The number of aromatic nitrogens is 3. The van der Waals surface area contributed by atoms with Crippen LogP contribution in [-0.4, -0.2) is 33.6 Å². The summed E-state index contributed by atoms with van der Waals surface area (Å²) >= 11 is 0. The number of para-hydroxylation sites is 1. The molecule has 128 valence electrons. The normalized spacial score (nSPS) is 10.7. The second-order valence-electron chi connectivity index (χ2n) is 5.80. The summed E-state index contributed by atoms with van der Waals surface area (Å²) in [6.07, 6.45) is 0. The van der Waals surface area contributed by atoms with E-state index in [1.807, 2.05) is 13.8 Å². The fraction of sp³-hybridized carbons (Fsp3) is 0.222. The Hall–Kier alpha value is -3.22. The molecule has 0 aliphatic carbocycles. The van der Waals surface area contributed by atoms with Crippen molar-refractivity contribution in [2.45, 2.75) is 13.8 Å². The average molecular weight is 337 g/mol. The van der Waals surface area contributed by atoms with E-state index in [0.717, 1.165) is 11.4 Å². The van der Waals surface area contributed by atoms with E-state index in [1.165, 1.54) is 0 Å². The number of pyridine rings is 1. The number of hydrogen-bond donors (Lipinski definition) is 2. The first-order valence-corrected chi connectivity index (χ1v) is 7.85. The molecule has 0 fully saturated rings. The van der Waals surface area contributed by atoms with Gasteiger partial charge in [0.25, 0.3) is 11.8 Å². The molecule has 2 amide bonds. The number of nitrogens with one attached hydrogen (secondary N) is 2. The molecule has 1 aromatic carbocycles. The lowest BCUT2D eigenvalue weighted by molar-refractivity contribution is 0.0964. The van der Waals surface area contributed by atoms with Gasteiger partial charge in [-0.25, -0.2) is 4.98 Å². The molecule has 2 heterocycles. The highest BCUT2D eigenvalue weighted by Gasteiger charge is 2.19. The molecule has 2 N–H and O–H groups in total. The minimum absolute atomic E-state index is 0.260. The molecule has 0 spiro atoms. The lowest BCUT2D eigenvalue weighted by Crippen LogP contribution is -2.21. The second-order valence-corrected chi connectivity index (χ2v) is 5.80. The number of carbonyl (C=O) groups excluding carboxylic acids is 2. The molecule has 0 atom stereocenters. The Labute approximate surface area is 145 Å². The summed E-state index contributed by atoms with van der Waals surface area (Å²) in [5, 5.41) is 10.5. The van der Waals surface area contributed by atoms with Gasteiger partial charge in [-0.1, -0.05) is 12.1 Å². The number of rotatable bonds is 3. The van der Waals surface area contributed by atoms with Crippen LogP contribution >= 0.6 is 0 Å². The summed E-state index contributed by atoms with van der Waals surface area (Å²) in [5.41, 5.74) is 3.45. The maximum atomic E-state index is 12.9. The van der Waals surface area contributed by atoms with E-state index < -0.39 is 0 Å². The summed E-state index contributed by atoms with van der Waals surface area (Å²) in [6, 6.07) is 8.61. The van der Waals surface area contributed by atoms with Gasteiger partial charge >= 0.3 is 0 Å².